The highest BCUT2D eigenvalue weighted by Crippen LogP contribution is 2.38. The van der Waals surface area contributed by atoms with Crippen molar-refractivity contribution in [1.29, 1.82) is 0 Å². The van der Waals surface area contributed by atoms with Crippen molar-refractivity contribution in [2.24, 2.45) is 23.7 Å². The van der Waals surface area contributed by atoms with Gasteiger partial charge in [0.2, 0.25) is 0 Å². The van der Waals surface area contributed by atoms with Gasteiger partial charge < -0.3 is 9.47 Å². The Morgan fingerprint density at radius 3 is 2.08 bits per heavy atom. The third kappa shape index (κ3) is 5.26. The molecule has 0 amide bonds. The molecule has 0 atom stereocenters. The van der Waals surface area contributed by atoms with Gasteiger partial charge in [0.25, 0.3) is 6.08 Å². The van der Waals surface area contributed by atoms with Crippen LogP contribution in [0.5, 0.6) is 0 Å². The second-order valence-electron chi connectivity index (χ2n) is 8.05. The second-order valence-corrected chi connectivity index (χ2v) is 8.05. The Morgan fingerprint density at radius 2 is 1.46 bits per heavy atom. The van der Waals surface area contributed by atoms with Gasteiger partial charge in [0.05, 0.1) is 13.2 Å². The SMILES string of the molecule is FC(F)=CCCC1CCC(C2COC(C3CCCCC3)OC2)CC1. The van der Waals surface area contributed by atoms with E-state index in [-0.39, 0.29) is 6.29 Å². The molecule has 0 N–H and O–H groups in total. The van der Waals surface area contributed by atoms with E-state index in [4.69, 9.17) is 9.47 Å². The Balaban J connectivity index is 1.35. The molecule has 2 nitrogen and oxygen atoms in total. The highest BCUT2D eigenvalue weighted by atomic mass is 19.3. The minimum absolute atomic E-state index is 0.0419. The van der Waals surface area contributed by atoms with Crippen molar-refractivity contribution < 1.29 is 18.3 Å². The van der Waals surface area contributed by atoms with Crippen LogP contribution in [0.3, 0.4) is 0 Å². The molecule has 2 aliphatic carbocycles. The van der Waals surface area contributed by atoms with Crippen LogP contribution in [0.25, 0.3) is 0 Å². The van der Waals surface area contributed by atoms with Crippen molar-refractivity contribution in [1.82, 2.24) is 0 Å². The van der Waals surface area contributed by atoms with Crippen molar-refractivity contribution in [3.63, 3.8) is 0 Å². The van der Waals surface area contributed by atoms with Crippen LogP contribution in [-0.2, 0) is 9.47 Å². The minimum Gasteiger partial charge on any atom is -0.352 e. The van der Waals surface area contributed by atoms with E-state index in [1.807, 2.05) is 0 Å². The summed E-state index contributed by atoms with van der Waals surface area (Å²) in [6, 6.07) is 0. The Bertz CT molecular complexity index is 386. The average molecular weight is 342 g/mol. The number of ether oxygens (including phenoxy) is 2. The van der Waals surface area contributed by atoms with Gasteiger partial charge in [-0.15, -0.1) is 0 Å². The maximum atomic E-state index is 12.1. The fraction of sp³-hybridized carbons (Fsp3) is 0.900. The summed E-state index contributed by atoms with van der Waals surface area (Å²) in [4.78, 5) is 0. The van der Waals surface area contributed by atoms with E-state index in [9.17, 15) is 8.78 Å². The lowest BCUT2D eigenvalue weighted by Gasteiger charge is -2.40. The number of hydrogen-bond acceptors (Lipinski definition) is 2. The topological polar surface area (TPSA) is 18.5 Å². The standard InChI is InChI=1S/C20H32F2O2/c21-19(22)8-4-5-15-9-11-16(12-10-15)18-13-23-20(24-14-18)17-6-2-1-3-7-17/h8,15-18,20H,1-7,9-14H2. The predicted octanol–water partition coefficient (Wildman–Crippen LogP) is 5.92. The fourth-order valence-electron chi connectivity index (χ4n) is 4.86. The quantitative estimate of drug-likeness (QED) is 0.617. The van der Waals surface area contributed by atoms with Crippen molar-refractivity contribution in [3.05, 3.63) is 12.2 Å². The largest absolute Gasteiger partial charge is 0.352 e. The van der Waals surface area contributed by atoms with Gasteiger partial charge >= 0.3 is 0 Å². The third-order valence-corrected chi connectivity index (χ3v) is 6.42. The zero-order valence-corrected chi connectivity index (χ0v) is 14.7. The number of halogens is 2. The number of rotatable bonds is 5. The Hall–Kier alpha value is -0.480. The van der Waals surface area contributed by atoms with Gasteiger partial charge in [0, 0.05) is 11.8 Å². The van der Waals surface area contributed by atoms with E-state index in [1.165, 1.54) is 57.8 Å². The first-order chi connectivity index (χ1) is 11.7. The smallest absolute Gasteiger partial charge is 0.266 e. The Kier molecular flexibility index (Phi) is 7.08. The number of hydrogen-bond donors (Lipinski definition) is 0. The van der Waals surface area contributed by atoms with Gasteiger partial charge in [-0.3, -0.25) is 0 Å². The zero-order chi connectivity index (χ0) is 16.8. The first kappa shape index (κ1) is 18.3. The maximum absolute atomic E-state index is 12.1. The average Bonchev–Trinajstić information content (AvgIpc) is 2.63. The molecule has 138 valence electrons. The summed E-state index contributed by atoms with van der Waals surface area (Å²) in [6.45, 7) is 1.71. The highest BCUT2D eigenvalue weighted by Gasteiger charge is 2.34. The van der Waals surface area contributed by atoms with Crippen LogP contribution in [0.15, 0.2) is 12.2 Å². The van der Waals surface area contributed by atoms with Crippen LogP contribution in [-0.4, -0.2) is 19.5 Å². The molecule has 0 spiro atoms. The van der Waals surface area contributed by atoms with Crippen LogP contribution in [0.4, 0.5) is 8.78 Å². The van der Waals surface area contributed by atoms with Gasteiger partial charge in [-0.05, 0) is 56.4 Å². The van der Waals surface area contributed by atoms with Crippen molar-refractivity contribution in [2.75, 3.05) is 13.2 Å². The molecule has 24 heavy (non-hydrogen) atoms. The first-order valence-electron chi connectivity index (χ1n) is 9.96. The summed E-state index contributed by atoms with van der Waals surface area (Å²) < 4.78 is 36.4. The highest BCUT2D eigenvalue weighted by molar-refractivity contribution is 4.84. The van der Waals surface area contributed by atoms with E-state index in [2.05, 4.69) is 0 Å². The lowest BCUT2D eigenvalue weighted by Crippen LogP contribution is -2.41. The van der Waals surface area contributed by atoms with E-state index in [0.29, 0.717) is 30.1 Å². The molecule has 2 saturated carbocycles. The maximum Gasteiger partial charge on any atom is 0.266 e. The molecule has 4 heteroatoms. The van der Waals surface area contributed by atoms with E-state index in [1.54, 1.807) is 0 Å². The molecule has 0 aromatic rings. The molecule has 1 saturated heterocycles. The van der Waals surface area contributed by atoms with Crippen LogP contribution in [0, 0.1) is 23.7 Å². The minimum atomic E-state index is -1.53. The summed E-state index contributed by atoms with van der Waals surface area (Å²) in [5, 5.41) is 0. The summed E-state index contributed by atoms with van der Waals surface area (Å²) in [6.07, 6.45) is 12.3. The number of allylic oxidation sites excluding steroid dienone is 1. The van der Waals surface area contributed by atoms with E-state index < -0.39 is 6.08 Å². The van der Waals surface area contributed by atoms with Crippen molar-refractivity contribution in [3.8, 4) is 0 Å². The molecule has 0 unspecified atom stereocenters. The van der Waals surface area contributed by atoms with Crippen LogP contribution < -0.4 is 0 Å². The molecule has 0 aromatic carbocycles. The summed E-state index contributed by atoms with van der Waals surface area (Å²) >= 11 is 0. The fourth-order valence-corrected chi connectivity index (χ4v) is 4.86. The molecule has 3 fully saturated rings. The van der Waals surface area contributed by atoms with E-state index in [0.717, 1.165) is 25.7 Å². The van der Waals surface area contributed by atoms with Gasteiger partial charge in [0.15, 0.2) is 6.29 Å². The van der Waals surface area contributed by atoms with Crippen LogP contribution in [0.2, 0.25) is 0 Å². The Morgan fingerprint density at radius 1 is 0.792 bits per heavy atom. The van der Waals surface area contributed by atoms with E-state index >= 15 is 0 Å². The second kappa shape index (κ2) is 9.28. The first-order valence-corrected chi connectivity index (χ1v) is 9.96. The monoisotopic (exact) mass is 342 g/mol. The van der Waals surface area contributed by atoms with Gasteiger partial charge in [0.1, 0.15) is 0 Å². The molecule has 0 radical (unpaired) electrons. The van der Waals surface area contributed by atoms with Crippen molar-refractivity contribution >= 4 is 0 Å². The molecule has 3 aliphatic rings. The van der Waals surface area contributed by atoms with Crippen LogP contribution >= 0.6 is 0 Å². The lowest BCUT2D eigenvalue weighted by molar-refractivity contribution is -0.236. The molecular weight excluding hydrogens is 310 g/mol. The molecule has 1 aliphatic heterocycles. The van der Waals surface area contributed by atoms with Crippen LogP contribution in [0.1, 0.15) is 70.6 Å². The lowest BCUT2D eigenvalue weighted by atomic mass is 9.74. The summed E-state index contributed by atoms with van der Waals surface area (Å²) in [5.74, 6) is 2.47. The normalized spacial score (nSPS) is 35.6. The zero-order valence-electron chi connectivity index (χ0n) is 14.7. The van der Waals surface area contributed by atoms with Crippen molar-refractivity contribution in [2.45, 2.75) is 76.9 Å². The van der Waals surface area contributed by atoms with Gasteiger partial charge in [-0.25, -0.2) is 0 Å². The molecule has 3 rings (SSSR count). The summed E-state index contributed by atoms with van der Waals surface area (Å²) in [5.41, 5.74) is 0. The molecule has 0 aromatic heterocycles. The molecule has 0 bridgehead atoms. The Labute approximate surface area is 145 Å². The molecule has 1 heterocycles. The summed E-state index contributed by atoms with van der Waals surface area (Å²) in [7, 11) is 0. The predicted molar refractivity (Wildman–Crippen MR) is 90.7 cm³/mol. The third-order valence-electron chi connectivity index (χ3n) is 6.42. The molecular formula is C20H32F2O2. The van der Waals surface area contributed by atoms with Gasteiger partial charge in [-0.2, -0.15) is 8.78 Å². The van der Waals surface area contributed by atoms with Gasteiger partial charge in [-0.1, -0.05) is 32.1 Å².